The highest BCUT2D eigenvalue weighted by Crippen LogP contribution is 2.29. The Morgan fingerprint density at radius 2 is 1.85 bits per heavy atom. The van der Waals surface area contributed by atoms with E-state index in [0.717, 1.165) is 39.3 Å². The molecule has 0 spiro atoms. The molecule has 3 saturated heterocycles. The second-order valence-electron chi connectivity index (χ2n) is 9.66. The predicted molar refractivity (Wildman–Crippen MR) is 128 cm³/mol. The maximum atomic E-state index is 12.8. The first kappa shape index (κ1) is 22.1. The highest BCUT2D eigenvalue weighted by molar-refractivity contribution is 5.92. The van der Waals surface area contributed by atoms with Crippen molar-refractivity contribution in [2.45, 2.75) is 39.3 Å². The number of ketones is 1. The molecule has 8 nitrogen and oxygen atoms in total. The summed E-state index contributed by atoms with van der Waals surface area (Å²) < 4.78 is 1.28. The molecule has 0 aliphatic carbocycles. The zero-order valence-corrected chi connectivity index (χ0v) is 19.7. The summed E-state index contributed by atoms with van der Waals surface area (Å²) in [5, 5.41) is 4.12. The lowest BCUT2D eigenvalue weighted by Crippen LogP contribution is -2.51. The highest BCUT2D eigenvalue weighted by atomic mass is 16.2. The van der Waals surface area contributed by atoms with Crippen molar-refractivity contribution in [2.75, 3.05) is 57.3 Å². The van der Waals surface area contributed by atoms with Gasteiger partial charge in [-0.1, -0.05) is 12.1 Å². The molecule has 1 aromatic heterocycles. The van der Waals surface area contributed by atoms with Crippen LogP contribution in [0.5, 0.6) is 0 Å². The van der Waals surface area contributed by atoms with Gasteiger partial charge in [-0.2, -0.15) is 9.78 Å². The summed E-state index contributed by atoms with van der Waals surface area (Å²) >= 11 is 0. The van der Waals surface area contributed by atoms with Gasteiger partial charge in [-0.3, -0.25) is 14.6 Å². The molecular formula is C25H34N6O2. The van der Waals surface area contributed by atoms with Crippen molar-refractivity contribution in [3.8, 4) is 0 Å². The maximum Gasteiger partial charge on any atom is 0.344 e. The van der Waals surface area contributed by atoms with Crippen molar-refractivity contribution in [3.05, 3.63) is 47.3 Å². The van der Waals surface area contributed by atoms with E-state index in [1.807, 2.05) is 4.90 Å². The summed E-state index contributed by atoms with van der Waals surface area (Å²) in [4.78, 5) is 33.8. The molecule has 33 heavy (non-hydrogen) atoms. The normalized spacial score (nSPS) is 21.9. The minimum absolute atomic E-state index is 0.130. The van der Waals surface area contributed by atoms with E-state index in [-0.39, 0.29) is 11.8 Å². The third-order valence-corrected chi connectivity index (χ3v) is 7.35. The van der Waals surface area contributed by atoms with E-state index in [9.17, 15) is 9.59 Å². The summed E-state index contributed by atoms with van der Waals surface area (Å²) in [6.07, 6.45) is 4.22. The van der Waals surface area contributed by atoms with Gasteiger partial charge in [0, 0.05) is 77.2 Å². The lowest BCUT2D eigenvalue weighted by Gasteiger charge is -2.40. The van der Waals surface area contributed by atoms with Gasteiger partial charge in [-0.25, -0.2) is 4.79 Å². The number of amides is 1. The Morgan fingerprint density at radius 3 is 2.61 bits per heavy atom. The van der Waals surface area contributed by atoms with Crippen molar-refractivity contribution >= 4 is 17.5 Å². The van der Waals surface area contributed by atoms with Crippen LogP contribution in [0.15, 0.2) is 30.5 Å². The minimum Gasteiger partial charge on any atom is -0.368 e. The van der Waals surface area contributed by atoms with Gasteiger partial charge in [-0.15, -0.1) is 0 Å². The Kier molecular flexibility index (Phi) is 6.21. The topological polar surface area (TPSA) is 64.9 Å². The van der Waals surface area contributed by atoms with Gasteiger partial charge in [0.25, 0.3) is 0 Å². The lowest BCUT2D eigenvalue weighted by molar-refractivity contribution is 0.101. The van der Waals surface area contributed by atoms with Crippen LogP contribution >= 0.6 is 0 Å². The monoisotopic (exact) mass is 450 g/mol. The number of fused-ring (bicyclic) bond motifs is 1. The van der Waals surface area contributed by atoms with E-state index in [2.05, 4.69) is 44.9 Å². The van der Waals surface area contributed by atoms with Crippen LogP contribution in [-0.4, -0.2) is 94.7 Å². The number of hydrogen-bond donors (Lipinski definition) is 0. The van der Waals surface area contributed by atoms with E-state index in [4.69, 9.17) is 0 Å². The molecule has 0 unspecified atom stereocenters. The molecule has 2 aromatic rings. The number of piperazine rings is 2. The van der Waals surface area contributed by atoms with E-state index in [1.165, 1.54) is 47.8 Å². The van der Waals surface area contributed by atoms with Gasteiger partial charge >= 0.3 is 6.03 Å². The number of aryl methyl sites for hydroxylation is 1. The maximum absolute atomic E-state index is 12.8. The molecule has 176 valence electrons. The predicted octanol–water partition coefficient (Wildman–Crippen LogP) is 2.46. The first-order valence-electron chi connectivity index (χ1n) is 12.1. The van der Waals surface area contributed by atoms with Crippen LogP contribution in [-0.2, 0) is 6.54 Å². The molecule has 1 atom stereocenters. The molecule has 0 radical (unpaired) electrons. The molecule has 0 N–H and O–H groups in total. The van der Waals surface area contributed by atoms with E-state index in [0.29, 0.717) is 24.8 Å². The number of aromatic nitrogens is 2. The van der Waals surface area contributed by atoms with Crippen molar-refractivity contribution < 1.29 is 9.59 Å². The molecular weight excluding hydrogens is 416 g/mol. The van der Waals surface area contributed by atoms with Gasteiger partial charge in [0.1, 0.15) is 5.69 Å². The van der Waals surface area contributed by atoms with Crippen LogP contribution in [0.2, 0.25) is 0 Å². The van der Waals surface area contributed by atoms with Crippen molar-refractivity contribution in [2.24, 2.45) is 0 Å². The summed E-state index contributed by atoms with van der Waals surface area (Å²) in [7, 11) is 0. The van der Waals surface area contributed by atoms with Crippen LogP contribution in [0.4, 0.5) is 10.5 Å². The molecule has 3 aliphatic rings. The number of hydrogen-bond acceptors (Lipinski definition) is 6. The van der Waals surface area contributed by atoms with Crippen LogP contribution in [0.1, 0.15) is 41.4 Å². The SMILES string of the molecule is CC(=O)c1ccn(C(=O)N2CCN(Cc3ccc(C)cc3N3CCN4CCC[C@H]4C3)CC2)n1. The van der Waals surface area contributed by atoms with Gasteiger partial charge in [0.2, 0.25) is 0 Å². The van der Waals surface area contributed by atoms with Gasteiger partial charge in [-0.05, 0) is 49.6 Å². The number of carbonyl (C=O) groups excluding carboxylic acids is 2. The number of benzene rings is 1. The third kappa shape index (κ3) is 4.68. The van der Waals surface area contributed by atoms with Gasteiger partial charge < -0.3 is 9.80 Å². The Morgan fingerprint density at radius 1 is 1.03 bits per heavy atom. The highest BCUT2D eigenvalue weighted by Gasteiger charge is 2.31. The van der Waals surface area contributed by atoms with Crippen LogP contribution in [0.3, 0.4) is 0 Å². The zero-order valence-electron chi connectivity index (χ0n) is 19.7. The first-order valence-corrected chi connectivity index (χ1v) is 12.1. The molecule has 1 amide bonds. The Bertz CT molecular complexity index is 1030. The Hall–Kier alpha value is -2.71. The molecule has 1 aromatic carbocycles. The largest absolute Gasteiger partial charge is 0.368 e. The number of anilines is 1. The first-order chi connectivity index (χ1) is 16.0. The fraction of sp³-hybridized carbons (Fsp3) is 0.560. The van der Waals surface area contributed by atoms with Crippen molar-refractivity contribution in [1.82, 2.24) is 24.5 Å². The summed E-state index contributed by atoms with van der Waals surface area (Å²) in [6.45, 7) is 12.2. The lowest BCUT2D eigenvalue weighted by atomic mass is 10.0. The van der Waals surface area contributed by atoms with Gasteiger partial charge in [0.15, 0.2) is 5.78 Å². The van der Waals surface area contributed by atoms with Gasteiger partial charge in [0.05, 0.1) is 0 Å². The van der Waals surface area contributed by atoms with Crippen LogP contribution in [0.25, 0.3) is 0 Å². The van der Waals surface area contributed by atoms with Crippen LogP contribution in [0, 0.1) is 6.92 Å². The minimum atomic E-state index is -0.160. The van der Waals surface area contributed by atoms with Crippen molar-refractivity contribution in [1.29, 1.82) is 0 Å². The smallest absolute Gasteiger partial charge is 0.344 e. The number of rotatable bonds is 4. The Labute approximate surface area is 195 Å². The number of carbonyl (C=O) groups is 2. The quantitative estimate of drug-likeness (QED) is 0.667. The summed E-state index contributed by atoms with van der Waals surface area (Å²) in [6, 6.07) is 9.00. The summed E-state index contributed by atoms with van der Waals surface area (Å²) in [5.74, 6) is -0.130. The fourth-order valence-corrected chi connectivity index (χ4v) is 5.41. The molecule has 3 fully saturated rings. The average molecular weight is 451 g/mol. The number of Topliss-reactive ketones (excluding diaryl/α,β-unsaturated/α-hetero) is 1. The molecule has 5 rings (SSSR count). The van der Waals surface area contributed by atoms with E-state index in [1.54, 1.807) is 12.3 Å². The molecule has 4 heterocycles. The molecule has 0 bridgehead atoms. The molecule has 3 aliphatic heterocycles. The van der Waals surface area contributed by atoms with Crippen LogP contribution < -0.4 is 4.90 Å². The van der Waals surface area contributed by atoms with E-state index >= 15 is 0 Å². The standard InChI is InChI=1S/C25H34N6O2/c1-19-5-6-21(24(16-19)30-15-14-28-8-3-4-22(28)18-30)17-27-10-12-29(13-11-27)25(33)31-9-7-23(26-31)20(2)32/h5-7,9,16,22H,3-4,8,10-15,17-18H2,1-2H3/t22-/m0/s1. The second kappa shape index (κ2) is 9.27. The van der Waals surface area contributed by atoms with Crippen molar-refractivity contribution in [3.63, 3.8) is 0 Å². The average Bonchev–Trinajstić information content (AvgIpc) is 3.50. The zero-order chi connectivity index (χ0) is 22.9. The second-order valence-corrected chi connectivity index (χ2v) is 9.66. The fourth-order valence-electron chi connectivity index (χ4n) is 5.41. The third-order valence-electron chi connectivity index (χ3n) is 7.35. The number of nitrogens with zero attached hydrogens (tertiary/aromatic N) is 6. The molecule has 0 saturated carbocycles. The van der Waals surface area contributed by atoms with E-state index < -0.39 is 0 Å². The Balaban J connectivity index is 1.22. The summed E-state index contributed by atoms with van der Waals surface area (Å²) in [5.41, 5.74) is 4.40. The molecule has 8 heteroatoms.